The van der Waals surface area contributed by atoms with Crippen LogP contribution in [0.1, 0.15) is 35.3 Å². The summed E-state index contributed by atoms with van der Waals surface area (Å²) in [6.07, 6.45) is -10.4. The van der Waals surface area contributed by atoms with E-state index in [2.05, 4.69) is 0 Å². The lowest BCUT2D eigenvalue weighted by atomic mass is 10.1. The molecular weight excluding hydrogens is 412 g/mol. The largest absolute Gasteiger partial charge is 0.490 e. The molecule has 0 aliphatic carbocycles. The fourth-order valence-electron chi connectivity index (χ4n) is 2.26. The molecule has 152 valence electrons. The van der Waals surface area contributed by atoms with E-state index in [1.54, 1.807) is 13.8 Å². The van der Waals surface area contributed by atoms with Gasteiger partial charge in [0.05, 0.1) is 22.8 Å². The van der Waals surface area contributed by atoms with Gasteiger partial charge in [0, 0.05) is 10.7 Å². The van der Waals surface area contributed by atoms with Crippen LogP contribution in [0.3, 0.4) is 0 Å². The zero-order valence-corrected chi connectivity index (χ0v) is 15.3. The summed E-state index contributed by atoms with van der Waals surface area (Å²) < 4.78 is 83.1. The predicted octanol–water partition coefficient (Wildman–Crippen LogP) is 6.42. The normalized spacial score (nSPS) is 12.2. The maximum atomic E-state index is 12.9. The zero-order chi connectivity index (χ0) is 21.3. The molecule has 1 N–H and O–H groups in total. The van der Waals surface area contributed by atoms with Crippen molar-refractivity contribution in [1.29, 1.82) is 0 Å². The second kappa shape index (κ2) is 7.90. The van der Waals surface area contributed by atoms with Crippen molar-refractivity contribution >= 4 is 23.2 Å². The molecule has 3 nitrogen and oxygen atoms in total. The van der Waals surface area contributed by atoms with Crippen LogP contribution in [-0.2, 0) is 12.4 Å². The molecule has 10 heteroatoms. The molecule has 0 aliphatic rings. The first kappa shape index (κ1) is 21.9. The van der Waals surface area contributed by atoms with Crippen molar-refractivity contribution in [3.63, 3.8) is 0 Å². The van der Waals surface area contributed by atoms with E-state index in [-0.39, 0.29) is 28.5 Å². The molecule has 0 heterocycles. The maximum absolute atomic E-state index is 12.9. The topological polar surface area (TPSA) is 38.3 Å². The number of halogens is 7. The van der Waals surface area contributed by atoms with Crippen LogP contribution in [0.15, 0.2) is 36.4 Å². The fourth-order valence-corrected chi connectivity index (χ4v) is 2.43. The molecule has 0 unspecified atom stereocenters. The van der Waals surface area contributed by atoms with Crippen molar-refractivity contribution in [2.45, 2.75) is 32.3 Å². The molecule has 0 atom stereocenters. The highest BCUT2D eigenvalue weighted by Crippen LogP contribution is 2.37. The van der Waals surface area contributed by atoms with Gasteiger partial charge in [-0.15, -0.1) is 0 Å². The van der Waals surface area contributed by atoms with Crippen molar-refractivity contribution in [2.75, 3.05) is 5.32 Å². The van der Waals surface area contributed by atoms with Crippen molar-refractivity contribution in [3.05, 3.63) is 58.1 Å². The number of amides is 1. The lowest BCUT2D eigenvalue weighted by molar-refractivity contribution is -0.143. The van der Waals surface area contributed by atoms with Crippen LogP contribution in [0, 0.1) is 0 Å². The second-order valence-corrected chi connectivity index (χ2v) is 6.49. The summed E-state index contributed by atoms with van der Waals surface area (Å²) in [5, 5.41) is 2.19. The molecule has 0 aliphatic heterocycles. The molecule has 0 saturated carbocycles. The third-order valence-electron chi connectivity index (χ3n) is 3.39. The first-order valence-electron chi connectivity index (χ1n) is 7.84. The number of nitrogens with one attached hydrogen (secondary N) is 1. The molecule has 28 heavy (non-hydrogen) atoms. The Labute approximate surface area is 161 Å². The third-order valence-corrected chi connectivity index (χ3v) is 3.63. The number of rotatable bonds is 4. The van der Waals surface area contributed by atoms with Gasteiger partial charge >= 0.3 is 12.4 Å². The Morgan fingerprint density at radius 3 is 1.96 bits per heavy atom. The Morgan fingerprint density at radius 2 is 1.50 bits per heavy atom. The summed E-state index contributed by atoms with van der Waals surface area (Å²) in [5.74, 6) is -0.884. The van der Waals surface area contributed by atoms with E-state index in [1.807, 2.05) is 5.32 Å². The zero-order valence-electron chi connectivity index (χ0n) is 14.5. The average molecular weight is 426 g/mol. The Morgan fingerprint density at radius 1 is 0.964 bits per heavy atom. The monoisotopic (exact) mass is 425 g/mol. The fraction of sp³-hybridized carbons (Fsp3) is 0.278. The summed E-state index contributed by atoms with van der Waals surface area (Å²) in [6.45, 7) is 3.36. The standard InChI is InChI=1S/C18H14ClF6NO2/c1-9(2)28-15-4-3-12(19)8-14(15)16(27)26-13-6-10(17(20,21)22)5-11(7-13)18(23,24)25/h3-9H,1-2H3,(H,26,27). The number of carbonyl (C=O) groups is 1. The maximum Gasteiger partial charge on any atom is 0.416 e. The van der Waals surface area contributed by atoms with E-state index in [1.165, 1.54) is 18.2 Å². The lowest BCUT2D eigenvalue weighted by Crippen LogP contribution is -2.17. The second-order valence-electron chi connectivity index (χ2n) is 6.06. The van der Waals surface area contributed by atoms with Gasteiger partial charge in [0.2, 0.25) is 0 Å². The first-order valence-corrected chi connectivity index (χ1v) is 8.22. The first-order chi connectivity index (χ1) is 12.8. The summed E-state index contributed by atoms with van der Waals surface area (Å²) >= 11 is 5.84. The lowest BCUT2D eigenvalue weighted by Gasteiger charge is -2.17. The highest BCUT2D eigenvalue weighted by molar-refractivity contribution is 6.31. The van der Waals surface area contributed by atoms with E-state index < -0.39 is 35.1 Å². The molecule has 1 amide bonds. The Kier molecular flexibility index (Phi) is 6.18. The minimum Gasteiger partial charge on any atom is -0.490 e. The number of anilines is 1. The van der Waals surface area contributed by atoms with Gasteiger partial charge < -0.3 is 10.1 Å². The van der Waals surface area contributed by atoms with E-state index in [0.717, 1.165) is 0 Å². The van der Waals surface area contributed by atoms with Gasteiger partial charge in [0.25, 0.3) is 5.91 Å². The van der Waals surface area contributed by atoms with Crippen molar-refractivity contribution in [3.8, 4) is 5.75 Å². The number of hydrogen-bond acceptors (Lipinski definition) is 2. The van der Waals surface area contributed by atoms with Crippen LogP contribution in [-0.4, -0.2) is 12.0 Å². The van der Waals surface area contributed by atoms with Gasteiger partial charge in [-0.2, -0.15) is 26.3 Å². The summed E-state index contributed by atoms with van der Waals surface area (Å²) in [4.78, 5) is 12.5. The minimum atomic E-state index is -5.03. The van der Waals surface area contributed by atoms with Gasteiger partial charge in [-0.25, -0.2) is 0 Å². The number of benzene rings is 2. The van der Waals surface area contributed by atoms with Gasteiger partial charge in [-0.05, 0) is 50.2 Å². The van der Waals surface area contributed by atoms with Crippen LogP contribution >= 0.6 is 11.6 Å². The van der Waals surface area contributed by atoms with Crippen molar-refractivity contribution < 1.29 is 35.9 Å². The quantitative estimate of drug-likeness (QED) is 0.574. The Hall–Kier alpha value is -2.42. The molecular formula is C18H14ClF6NO2. The summed E-state index contributed by atoms with van der Waals surface area (Å²) in [5.41, 5.74) is -3.88. The van der Waals surface area contributed by atoms with Crippen LogP contribution in [0.2, 0.25) is 5.02 Å². The van der Waals surface area contributed by atoms with Crippen LogP contribution < -0.4 is 10.1 Å². The summed E-state index contributed by atoms with van der Waals surface area (Å²) in [6, 6.07) is 4.82. The third kappa shape index (κ3) is 5.54. The molecule has 0 spiro atoms. The van der Waals surface area contributed by atoms with E-state index in [0.29, 0.717) is 12.1 Å². The summed E-state index contributed by atoms with van der Waals surface area (Å²) in [7, 11) is 0. The number of alkyl halides is 6. The highest BCUT2D eigenvalue weighted by Gasteiger charge is 2.37. The van der Waals surface area contributed by atoms with Gasteiger partial charge in [-0.3, -0.25) is 4.79 Å². The van der Waals surface area contributed by atoms with Crippen molar-refractivity contribution in [2.24, 2.45) is 0 Å². The van der Waals surface area contributed by atoms with Gasteiger partial charge in [-0.1, -0.05) is 11.6 Å². The van der Waals surface area contributed by atoms with E-state index in [4.69, 9.17) is 16.3 Å². The molecule has 0 fully saturated rings. The molecule has 0 radical (unpaired) electrons. The smallest absolute Gasteiger partial charge is 0.416 e. The Balaban J connectivity index is 2.45. The molecule has 2 rings (SSSR count). The minimum absolute atomic E-state index is 0.0255. The number of ether oxygens (including phenoxy) is 1. The van der Waals surface area contributed by atoms with Crippen LogP contribution in [0.5, 0.6) is 5.75 Å². The van der Waals surface area contributed by atoms with Crippen molar-refractivity contribution in [1.82, 2.24) is 0 Å². The SMILES string of the molecule is CC(C)Oc1ccc(Cl)cc1C(=O)Nc1cc(C(F)(F)F)cc(C(F)(F)F)c1. The average Bonchev–Trinajstić information content (AvgIpc) is 2.54. The molecule has 2 aromatic carbocycles. The number of carbonyl (C=O) groups excluding carboxylic acids is 1. The van der Waals surface area contributed by atoms with Gasteiger partial charge in [0.15, 0.2) is 0 Å². The number of hydrogen-bond donors (Lipinski definition) is 1. The molecule has 2 aromatic rings. The predicted molar refractivity (Wildman–Crippen MR) is 91.6 cm³/mol. The molecule has 0 bridgehead atoms. The van der Waals surface area contributed by atoms with Gasteiger partial charge in [0.1, 0.15) is 5.75 Å². The van der Waals surface area contributed by atoms with E-state index in [9.17, 15) is 31.1 Å². The molecule has 0 aromatic heterocycles. The molecule has 0 saturated heterocycles. The van der Waals surface area contributed by atoms with E-state index >= 15 is 0 Å². The Bertz CT molecular complexity index is 845. The highest BCUT2D eigenvalue weighted by atomic mass is 35.5. The van der Waals surface area contributed by atoms with Crippen LogP contribution in [0.25, 0.3) is 0 Å². The van der Waals surface area contributed by atoms with Crippen LogP contribution in [0.4, 0.5) is 32.0 Å².